The first-order chi connectivity index (χ1) is 24.2. The van der Waals surface area contributed by atoms with Gasteiger partial charge in [-0.05, 0) is 70.6 Å². The van der Waals surface area contributed by atoms with Gasteiger partial charge in [-0.1, -0.05) is 184 Å². The number of hydrogen-bond acceptors (Lipinski definition) is 3. The maximum Gasteiger partial charge on any atom is 0.220 e. The van der Waals surface area contributed by atoms with Crippen molar-refractivity contribution in [3.63, 3.8) is 0 Å². The SMILES string of the molecule is CCCCCC/C=C/CC/C=C/CC/C=C/C(O)C(CO)NC(=O)CCCCCCCCC/C=C\CCCCCCCCCCCCCC. The topological polar surface area (TPSA) is 69.6 Å². The summed E-state index contributed by atoms with van der Waals surface area (Å²) in [4.78, 5) is 12.4. The highest BCUT2D eigenvalue weighted by atomic mass is 16.3. The lowest BCUT2D eigenvalue weighted by Crippen LogP contribution is -2.45. The maximum absolute atomic E-state index is 12.4. The highest BCUT2D eigenvalue weighted by molar-refractivity contribution is 5.76. The molecule has 0 heterocycles. The van der Waals surface area contributed by atoms with Crippen molar-refractivity contribution in [3.8, 4) is 0 Å². The number of nitrogens with one attached hydrogen (secondary N) is 1. The van der Waals surface area contributed by atoms with Crippen molar-refractivity contribution >= 4 is 5.91 Å². The van der Waals surface area contributed by atoms with Crippen LogP contribution in [0.15, 0.2) is 48.6 Å². The van der Waals surface area contributed by atoms with Gasteiger partial charge >= 0.3 is 0 Å². The van der Waals surface area contributed by atoms with Gasteiger partial charge < -0.3 is 15.5 Å². The van der Waals surface area contributed by atoms with E-state index in [9.17, 15) is 15.0 Å². The molecule has 0 aliphatic heterocycles. The minimum absolute atomic E-state index is 0.0836. The molecule has 0 aromatic carbocycles. The number of allylic oxidation sites excluding steroid dienone is 7. The van der Waals surface area contributed by atoms with Crippen LogP contribution in [-0.4, -0.2) is 34.9 Å². The highest BCUT2D eigenvalue weighted by Gasteiger charge is 2.17. The summed E-state index contributed by atoms with van der Waals surface area (Å²) >= 11 is 0. The molecular weight excluding hydrogens is 602 g/mol. The van der Waals surface area contributed by atoms with Crippen LogP contribution in [0.4, 0.5) is 0 Å². The van der Waals surface area contributed by atoms with E-state index in [1.807, 2.05) is 6.08 Å². The number of rotatable bonds is 38. The van der Waals surface area contributed by atoms with Crippen LogP contribution < -0.4 is 5.32 Å². The number of aliphatic hydroxyl groups is 2. The van der Waals surface area contributed by atoms with Crippen LogP contribution in [0.1, 0.15) is 213 Å². The molecule has 0 fully saturated rings. The van der Waals surface area contributed by atoms with Gasteiger partial charge in [-0.25, -0.2) is 0 Å². The van der Waals surface area contributed by atoms with Crippen LogP contribution in [0, 0.1) is 0 Å². The zero-order chi connectivity index (χ0) is 35.7. The van der Waals surface area contributed by atoms with E-state index in [1.165, 1.54) is 154 Å². The summed E-state index contributed by atoms with van der Waals surface area (Å²) in [6, 6.07) is -0.647. The monoisotopic (exact) mass is 686 g/mol. The van der Waals surface area contributed by atoms with Crippen LogP contribution in [0.2, 0.25) is 0 Å². The third-order valence-electron chi connectivity index (χ3n) is 9.51. The molecule has 0 rings (SSSR count). The first-order valence-corrected chi connectivity index (χ1v) is 21.4. The summed E-state index contributed by atoms with van der Waals surface area (Å²) in [5, 5.41) is 22.9. The summed E-state index contributed by atoms with van der Waals surface area (Å²) < 4.78 is 0. The van der Waals surface area contributed by atoms with Gasteiger partial charge in [-0.15, -0.1) is 0 Å². The lowest BCUT2D eigenvalue weighted by atomic mass is 10.0. The number of hydrogen-bond donors (Lipinski definition) is 3. The zero-order valence-corrected chi connectivity index (χ0v) is 32.7. The molecule has 4 nitrogen and oxygen atoms in total. The predicted octanol–water partition coefficient (Wildman–Crippen LogP) is 13.2. The molecule has 4 heteroatoms. The van der Waals surface area contributed by atoms with Gasteiger partial charge in [0.2, 0.25) is 5.91 Å². The summed E-state index contributed by atoms with van der Waals surface area (Å²) in [7, 11) is 0. The van der Waals surface area contributed by atoms with E-state index >= 15 is 0 Å². The third kappa shape index (κ3) is 37.4. The van der Waals surface area contributed by atoms with Crippen molar-refractivity contribution in [1.29, 1.82) is 0 Å². The fourth-order valence-corrected chi connectivity index (χ4v) is 6.20. The van der Waals surface area contributed by atoms with Crippen molar-refractivity contribution in [2.75, 3.05) is 6.61 Å². The lowest BCUT2D eigenvalue weighted by Gasteiger charge is -2.19. The highest BCUT2D eigenvalue weighted by Crippen LogP contribution is 2.14. The zero-order valence-electron chi connectivity index (χ0n) is 32.7. The second-order valence-electron chi connectivity index (χ2n) is 14.4. The average Bonchev–Trinajstić information content (AvgIpc) is 3.10. The Bertz CT molecular complexity index is 786. The molecule has 49 heavy (non-hydrogen) atoms. The first-order valence-electron chi connectivity index (χ1n) is 21.4. The molecule has 0 saturated heterocycles. The maximum atomic E-state index is 12.4. The minimum Gasteiger partial charge on any atom is -0.394 e. The number of aliphatic hydroxyl groups excluding tert-OH is 2. The molecule has 1 amide bonds. The van der Waals surface area contributed by atoms with E-state index in [0.717, 1.165) is 38.5 Å². The normalized spacial score (nSPS) is 13.5. The van der Waals surface area contributed by atoms with Crippen molar-refractivity contribution < 1.29 is 15.0 Å². The lowest BCUT2D eigenvalue weighted by molar-refractivity contribution is -0.123. The Morgan fingerprint density at radius 3 is 1.20 bits per heavy atom. The number of carbonyl (C=O) groups excluding carboxylic acids is 1. The molecule has 286 valence electrons. The fourth-order valence-electron chi connectivity index (χ4n) is 6.20. The number of amides is 1. The molecule has 3 N–H and O–H groups in total. The van der Waals surface area contributed by atoms with E-state index in [-0.39, 0.29) is 12.5 Å². The minimum atomic E-state index is -0.871. The Labute approximate surface area is 305 Å². The van der Waals surface area contributed by atoms with Gasteiger partial charge in [-0.2, -0.15) is 0 Å². The van der Waals surface area contributed by atoms with E-state index in [4.69, 9.17) is 0 Å². The van der Waals surface area contributed by atoms with E-state index in [2.05, 4.69) is 55.6 Å². The van der Waals surface area contributed by atoms with Gasteiger partial charge in [0.15, 0.2) is 0 Å². The Morgan fingerprint density at radius 1 is 0.469 bits per heavy atom. The molecule has 0 aliphatic carbocycles. The van der Waals surface area contributed by atoms with E-state index in [0.29, 0.717) is 6.42 Å². The molecule has 0 aliphatic rings. The van der Waals surface area contributed by atoms with Gasteiger partial charge in [0.25, 0.3) is 0 Å². The summed E-state index contributed by atoms with van der Waals surface area (Å²) in [6.45, 7) is 4.27. The van der Waals surface area contributed by atoms with E-state index in [1.54, 1.807) is 6.08 Å². The Balaban J connectivity index is 3.61. The summed E-state index contributed by atoms with van der Waals surface area (Å²) in [5.41, 5.74) is 0. The Hall–Kier alpha value is -1.65. The van der Waals surface area contributed by atoms with Crippen LogP contribution >= 0.6 is 0 Å². The van der Waals surface area contributed by atoms with Crippen LogP contribution in [0.5, 0.6) is 0 Å². The smallest absolute Gasteiger partial charge is 0.220 e. The largest absolute Gasteiger partial charge is 0.394 e. The van der Waals surface area contributed by atoms with Gasteiger partial charge in [0.1, 0.15) is 0 Å². The molecule has 0 saturated carbocycles. The van der Waals surface area contributed by atoms with E-state index < -0.39 is 12.1 Å². The standard InChI is InChI=1S/C45H83NO3/c1-3-5-7-9-11-13-15-17-19-20-21-22-23-24-25-26-27-29-31-33-35-37-39-41-45(49)46-43(42-47)44(48)40-38-36-34-32-30-28-18-16-14-12-10-8-6-4-2/h14,16,24-25,30,32,38,40,43-44,47-48H,3-13,15,17-23,26-29,31,33-37,39,41-42H2,1-2H3,(H,46,49)/b16-14+,25-24-,32-30+,40-38+. The van der Waals surface area contributed by atoms with Gasteiger partial charge in [-0.3, -0.25) is 4.79 Å². The molecule has 0 aromatic heterocycles. The Kier molecular flexibility index (Phi) is 39.4. The van der Waals surface area contributed by atoms with Crippen molar-refractivity contribution in [2.45, 2.75) is 225 Å². The Morgan fingerprint density at radius 2 is 0.796 bits per heavy atom. The molecule has 0 bridgehead atoms. The van der Waals surface area contributed by atoms with Crippen molar-refractivity contribution in [1.82, 2.24) is 5.32 Å². The van der Waals surface area contributed by atoms with Crippen molar-refractivity contribution in [2.24, 2.45) is 0 Å². The summed E-state index contributed by atoms with van der Waals surface area (Å²) in [5.74, 6) is -0.0836. The van der Waals surface area contributed by atoms with Gasteiger partial charge in [0.05, 0.1) is 18.8 Å². The molecule has 2 unspecified atom stereocenters. The van der Waals surface area contributed by atoms with Crippen LogP contribution in [0.3, 0.4) is 0 Å². The van der Waals surface area contributed by atoms with Crippen molar-refractivity contribution in [3.05, 3.63) is 48.6 Å². The molecule has 0 spiro atoms. The fraction of sp³-hybridized carbons (Fsp3) is 0.800. The quantitative estimate of drug-likeness (QED) is 0.0447. The predicted molar refractivity (Wildman–Crippen MR) is 216 cm³/mol. The second kappa shape index (κ2) is 40.8. The average molecular weight is 686 g/mol. The number of unbranched alkanes of at least 4 members (excludes halogenated alkanes) is 25. The van der Waals surface area contributed by atoms with Gasteiger partial charge in [0, 0.05) is 6.42 Å². The molecular formula is C45H83NO3. The second-order valence-corrected chi connectivity index (χ2v) is 14.4. The van der Waals surface area contributed by atoms with Crippen LogP contribution in [0.25, 0.3) is 0 Å². The number of carbonyl (C=O) groups is 1. The summed E-state index contributed by atoms with van der Waals surface area (Å²) in [6.07, 6.45) is 55.0. The molecule has 0 aromatic rings. The first kappa shape index (κ1) is 47.4. The van der Waals surface area contributed by atoms with Crippen LogP contribution in [-0.2, 0) is 4.79 Å². The molecule has 0 radical (unpaired) electrons. The molecule has 2 atom stereocenters. The third-order valence-corrected chi connectivity index (χ3v) is 9.51.